The molecule has 1 heterocycles. The molecule has 0 saturated heterocycles. The summed E-state index contributed by atoms with van der Waals surface area (Å²) in [5.41, 5.74) is 4.39. The zero-order chi connectivity index (χ0) is 22.4. The lowest BCUT2D eigenvalue weighted by Gasteiger charge is -2.10. The number of carbonyl (C=O) groups is 2. The number of ether oxygens (including phenoxy) is 1. The molecule has 0 spiro atoms. The lowest BCUT2D eigenvalue weighted by atomic mass is 10.1. The summed E-state index contributed by atoms with van der Waals surface area (Å²) < 4.78 is 6.70. The van der Waals surface area contributed by atoms with Crippen molar-refractivity contribution in [2.45, 2.75) is 20.3 Å². The summed E-state index contributed by atoms with van der Waals surface area (Å²) in [7, 11) is 4.10. The number of hydrogen-bond acceptors (Lipinski definition) is 5. The van der Waals surface area contributed by atoms with Gasteiger partial charge >= 0.3 is 5.97 Å². The number of rotatable bonds is 8. The van der Waals surface area contributed by atoms with Crippen LogP contribution in [0.15, 0.2) is 54.7 Å². The lowest BCUT2D eigenvalue weighted by Crippen LogP contribution is -2.15. The molecular weight excluding hydrogens is 392 g/mol. The molecule has 7 heteroatoms. The molecule has 0 unspecified atom stereocenters. The molecule has 3 aromatic rings. The monoisotopic (exact) mass is 420 g/mol. The van der Waals surface area contributed by atoms with E-state index >= 15 is 0 Å². The number of benzene rings is 2. The van der Waals surface area contributed by atoms with Crippen molar-refractivity contribution < 1.29 is 14.3 Å². The van der Waals surface area contributed by atoms with E-state index in [1.165, 1.54) is 11.8 Å². The largest absolute Gasteiger partial charge is 0.462 e. The minimum atomic E-state index is -0.394. The van der Waals surface area contributed by atoms with Gasteiger partial charge in [0.05, 0.1) is 24.2 Å². The van der Waals surface area contributed by atoms with Gasteiger partial charge in [-0.2, -0.15) is 5.10 Å². The van der Waals surface area contributed by atoms with Crippen LogP contribution in [-0.2, 0) is 11.2 Å². The third kappa shape index (κ3) is 5.58. The van der Waals surface area contributed by atoms with Gasteiger partial charge in [0, 0.05) is 17.8 Å². The zero-order valence-electron chi connectivity index (χ0n) is 18.4. The van der Waals surface area contributed by atoms with Gasteiger partial charge < -0.3 is 15.0 Å². The minimum Gasteiger partial charge on any atom is -0.462 e. The van der Waals surface area contributed by atoms with Crippen LogP contribution in [0.25, 0.3) is 5.69 Å². The van der Waals surface area contributed by atoms with Gasteiger partial charge in [-0.1, -0.05) is 12.1 Å². The second-order valence-corrected chi connectivity index (χ2v) is 7.53. The molecule has 0 aliphatic rings. The van der Waals surface area contributed by atoms with Crippen molar-refractivity contribution in [2.75, 3.05) is 32.6 Å². The van der Waals surface area contributed by atoms with E-state index in [4.69, 9.17) is 4.74 Å². The van der Waals surface area contributed by atoms with Crippen LogP contribution in [0.2, 0.25) is 0 Å². The minimum absolute atomic E-state index is 0.183. The van der Waals surface area contributed by atoms with Crippen molar-refractivity contribution in [3.63, 3.8) is 0 Å². The van der Waals surface area contributed by atoms with Gasteiger partial charge in [-0.15, -0.1) is 0 Å². The third-order valence-electron chi connectivity index (χ3n) is 4.94. The highest BCUT2D eigenvalue weighted by Gasteiger charge is 2.16. The smallest absolute Gasteiger partial charge is 0.341 e. The second kappa shape index (κ2) is 10.0. The van der Waals surface area contributed by atoms with Crippen molar-refractivity contribution >= 4 is 17.6 Å². The van der Waals surface area contributed by atoms with E-state index in [2.05, 4.69) is 15.3 Å². The lowest BCUT2D eigenvalue weighted by molar-refractivity contribution is 0.0525. The number of amides is 1. The van der Waals surface area contributed by atoms with Crippen LogP contribution in [0.5, 0.6) is 0 Å². The first-order chi connectivity index (χ1) is 14.9. The fourth-order valence-electron chi connectivity index (χ4n) is 3.14. The molecule has 162 valence electrons. The first kappa shape index (κ1) is 22.2. The average Bonchev–Trinajstić information content (AvgIpc) is 3.15. The summed E-state index contributed by atoms with van der Waals surface area (Å²) in [5.74, 6) is -0.577. The molecular formula is C24H28N4O3. The first-order valence-corrected chi connectivity index (χ1v) is 10.3. The van der Waals surface area contributed by atoms with E-state index < -0.39 is 5.97 Å². The number of nitrogens with zero attached hydrogens (tertiary/aromatic N) is 3. The Balaban J connectivity index is 1.66. The fraction of sp³-hybridized carbons (Fsp3) is 0.292. The first-order valence-electron chi connectivity index (χ1n) is 10.3. The highest BCUT2D eigenvalue weighted by atomic mass is 16.5. The average molecular weight is 421 g/mol. The maximum atomic E-state index is 12.6. The molecule has 0 fully saturated rings. The highest BCUT2D eigenvalue weighted by molar-refractivity contribution is 6.04. The summed E-state index contributed by atoms with van der Waals surface area (Å²) in [4.78, 5) is 26.7. The van der Waals surface area contributed by atoms with Crippen LogP contribution in [0.3, 0.4) is 0 Å². The highest BCUT2D eigenvalue weighted by Crippen LogP contribution is 2.17. The Morgan fingerprint density at radius 3 is 2.35 bits per heavy atom. The van der Waals surface area contributed by atoms with Crippen LogP contribution in [-0.4, -0.2) is 53.8 Å². The molecule has 1 aromatic heterocycles. The predicted molar refractivity (Wildman–Crippen MR) is 121 cm³/mol. The van der Waals surface area contributed by atoms with Crippen LogP contribution >= 0.6 is 0 Å². The number of aromatic nitrogens is 2. The maximum Gasteiger partial charge on any atom is 0.341 e. The van der Waals surface area contributed by atoms with Gasteiger partial charge in [-0.25, -0.2) is 9.48 Å². The van der Waals surface area contributed by atoms with E-state index in [0.29, 0.717) is 23.4 Å². The molecule has 0 atom stereocenters. The molecule has 0 aliphatic heterocycles. The fourth-order valence-corrected chi connectivity index (χ4v) is 3.14. The van der Waals surface area contributed by atoms with Gasteiger partial charge in [0.2, 0.25) is 0 Å². The SMILES string of the molecule is CCOC(=O)c1cnn(-c2ccc(C(=O)Nc3ccc(CCN(C)C)cc3)cc2)c1C. The standard InChI is InChI=1S/C24H28N4O3/c1-5-31-24(30)22-16-25-28(17(22)2)21-12-8-19(9-13-21)23(29)26-20-10-6-18(7-11-20)14-15-27(3)4/h6-13,16H,5,14-15H2,1-4H3,(H,26,29). The van der Waals surface area contributed by atoms with E-state index in [1.807, 2.05) is 45.3 Å². The molecule has 31 heavy (non-hydrogen) atoms. The normalized spacial score (nSPS) is 10.9. The summed E-state index contributed by atoms with van der Waals surface area (Å²) in [6.45, 7) is 4.87. The molecule has 2 aromatic carbocycles. The summed E-state index contributed by atoms with van der Waals surface area (Å²) in [5, 5.41) is 7.20. The van der Waals surface area contributed by atoms with Crippen LogP contribution in [0, 0.1) is 6.92 Å². The van der Waals surface area contributed by atoms with Gasteiger partial charge in [-0.05, 0) is 76.3 Å². The van der Waals surface area contributed by atoms with Crippen LogP contribution in [0.4, 0.5) is 5.69 Å². The number of nitrogens with one attached hydrogen (secondary N) is 1. The molecule has 7 nitrogen and oxygen atoms in total. The molecule has 0 radical (unpaired) electrons. The third-order valence-corrected chi connectivity index (χ3v) is 4.94. The maximum absolute atomic E-state index is 12.6. The second-order valence-electron chi connectivity index (χ2n) is 7.53. The van der Waals surface area contributed by atoms with Gasteiger partial charge in [0.1, 0.15) is 5.56 Å². The van der Waals surface area contributed by atoms with Gasteiger partial charge in [0.15, 0.2) is 0 Å². The van der Waals surface area contributed by atoms with Crippen molar-refractivity contribution in [1.29, 1.82) is 0 Å². The topological polar surface area (TPSA) is 76.5 Å². The molecule has 3 rings (SSSR count). The molecule has 0 saturated carbocycles. The van der Waals surface area contributed by atoms with Crippen molar-refractivity contribution in [3.8, 4) is 5.69 Å². The molecule has 0 bridgehead atoms. The van der Waals surface area contributed by atoms with Gasteiger partial charge in [0.25, 0.3) is 5.91 Å². The Bertz CT molecular complexity index is 1040. The Labute approximate surface area is 182 Å². The number of likely N-dealkylation sites (N-methyl/N-ethyl adjacent to an activating group) is 1. The number of hydrogen-bond donors (Lipinski definition) is 1. The Morgan fingerprint density at radius 1 is 1.06 bits per heavy atom. The molecule has 0 aliphatic carbocycles. The van der Waals surface area contributed by atoms with E-state index in [0.717, 1.165) is 24.3 Å². The summed E-state index contributed by atoms with van der Waals surface area (Å²) in [6, 6.07) is 15.0. The van der Waals surface area contributed by atoms with Crippen molar-refractivity contribution in [3.05, 3.63) is 77.1 Å². The summed E-state index contributed by atoms with van der Waals surface area (Å²) in [6.07, 6.45) is 2.46. The van der Waals surface area contributed by atoms with Crippen LogP contribution < -0.4 is 5.32 Å². The number of esters is 1. The molecule has 1 amide bonds. The van der Waals surface area contributed by atoms with E-state index in [1.54, 1.807) is 35.9 Å². The van der Waals surface area contributed by atoms with E-state index in [9.17, 15) is 9.59 Å². The van der Waals surface area contributed by atoms with Crippen LogP contribution in [0.1, 0.15) is 38.9 Å². The zero-order valence-corrected chi connectivity index (χ0v) is 18.4. The van der Waals surface area contributed by atoms with Crippen molar-refractivity contribution in [1.82, 2.24) is 14.7 Å². The van der Waals surface area contributed by atoms with Crippen molar-refractivity contribution in [2.24, 2.45) is 0 Å². The number of carbonyl (C=O) groups excluding carboxylic acids is 2. The van der Waals surface area contributed by atoms with Gasteiger partial charge in [-0.3, -0.25) is 4.79 Å². The predicted octanol–water partition coefficient (Wildman–Crippen LogP) is 3.71. The summed E-state index contributed by atoms with van der Waals surface area (Å²) >= 11 is 0. The Hall–Kier alpha value is -3.45. The molecule has 1 N–H and O–H groups in total. The quantitative estimate of drug-likeness (QED) is 0.562. The number of anilines is 1. The Morgan fingerprint density at radius 2 is 1.74 bits per heavy atom. The van der Waals surface area contributed by atoms with E-state index in [-0.39, 0.29) is 5.91 Å². The Kier molecular flexibility index (Phi) is 7.20.